The van der Waals surface area contributed by atoms with Crippen molar-refractivity contribution in [3.05, 3.63) is 30.1 Å². The van der Waals surface area contributed by atoms with Gasteiger partial charge in [-0.25, -0.2) is 0 Å². The first-order valence-electron chi connectivity index (χ1n) is 3.79. The average molecular weight is 227 g/mol. The summed E-state index contributed by atoms with van der Waals surface area (Å²) < 4.78 is 0.509. The molecule has 74 valence electrons. The first-order chi connectivity index (χ1) is 6.74. The topological polar surface area (TPSA) is 54.0 Å². The molecule has 6 heteroatoms. The second kappa shape index (κ2) is 5.56. The van der Waals surface area contributed by atoms with Crippen molar-refractivity contribution in [2.24, 2.45) is 0 Å². The number of amides is 1. The molecule has 0 aliphatic rings. The molecule has 0 aromatic carbocycles. The van der Waals surface area contributed by atoms with Crippen LogP contribution in [0.25, 0.3) is 0 Å². The number of thioether (sulfide) groups is 1. The van der Waals surface area contributed by atoms with Gasteiger partial charge in [0.05, 0.1) is 0 Å². The van der Waals surface area contributed by atoms with Crippen LogP contribution in [-0.4, -0.2) is 21.5 Å². The van der Waals surface area contributed by atoms with Crippen molar-refractivity contribution in [1.82, 2.24) is 15.8 Å². The first-order valence-corrected chi connectivity index (χ1v) is 5.42. The third kappa shape index (κ3) is 3.31. The Balaban J connectivity index is 2.48. The van der Waals surface area contributed by atoms with Gasteiger partial charge in [0.1, 0.15) is 5.69 Å². The van der Waals surface area contributed by atoms with Crippen LogP contribution in [-0.2, 0) is 0 Å². The molecular formula is C8H9N3OS2. The second-order valence-electron chi connectivity index (χ2n) is 2.29. The molecule has 1 aromatic heterocycles. The summed E-state index contributed by atoms with van der Waals surface area (Å²) in [6, 6.07) is 5.12. The van der Waals surface area contributed by atoms with Crippen LogP contribution >= 0.6 is 24.0 Å². The van der Waals surface area contributed by atoms with E-state index >= 15 is 0 Å². The van der Waals surface area contributed by atoms with Gasteiger partial charge in [-0.2, -0.15) is 0 Å². The number of aromatic nitrogens is 1. The highest BCUT2D eigenvalue weighted by molar-refractivity contribution is 8.22. The summed E-state index contributed by atoms with van der Waals surface area (Å²) in [5, 5.41) is 0. The second-order valence-corrected chi connectivity index (χ2v) is 3.77. The van der Waals surface area contributed by atoms with E-state index in [9.17, 15) is 4.79 Å². The fraction of sp³-hybridized carbons (Fsp3) is 0.125. The first kappa shape index (κ1) is 10.9. The van der Waals surface area contributed by atoms with Gasteiger partial charge in [0.2, 0.25) is 0 Å². The van der Waals surface area contributed by atoms with E-state index in [0.717, 1.165) is 0 Å². The number of thiocarbonyl (C=S) groups is 1. The smallest absolute Gasteiger partial charge is 0.283 e. The van der Waals surface area contributed by atoms with Gasteiger partial charge < -0.3 is 0 Å². The molecule has 0 aliphatic heterocycles. The molecule has 0 saturated heterocycles. The monoisotopic (exact) mass is 227 g/mol. The maximum Gasteiger partial charge on any atom is 0.288 e. The molecule has 1 amide bonds. The Kier molecular flexibility index (Phi) is 4.34. The highest BCUT2D eigenvalue weighted by atomic mass is 32.2. The molecule has 4 nitrogen and oxygen atoms in total. The summed E-state index contributed by atoms with van der Waals surface area (Å²) in [6.07, 6.45) is 3.38. The van der Waals surface area contributed by atoms with Crippen LogP contribution in [0, 0.1) is 0 Å². The number of carbonyl (C=O) groups is 1. The molecule has 0 aliphatic carbocycles. The number of pyridine rings is 1. The third-order valence-electron chi connectivity index (χ3n) is 1.36. The number of nitrogens with zero attached hydrogens (tertiary/aromatic N) is 1. The summed E-state index contributed by atoms with van der Waals surface area (Å²) in [5.41, 5.74) is 5.37. The number of carbonyl (C=O) groups excluding carboxylic acids is 1. The van der Waals surface area contributed by atoms with Gasteiger partial charge in [0.25, 0.3) is 5.91 Å². The van der Waals surface area contributed by atoms with Crippen molar-refractivity contribution in [3.63, 3.8) is 0 Å². The zero-order valence-corrected chi connectivity index (χ0v) is 9.11. The predicted molar refractivity (Wildman–Crippen MR) is 61.0 cm³/mol. The lowest BCUT2D eigenvalue weighted by atomic mass is 10.3. The number of hydrazine groups is 1. The third-order valence-corrected chi connectivity index (χ3v) is 2.44. The minimum absolute atomic E-state index is 0.304. The minimum atomic E-state index is -0.304. The highest BCUT2D eigenvalue weighted by Gasteiger charge is 2.04. The fourth-order valence-electron chi connectivity index (χ4n) is 0.720. The van der Waals surface area contributed by atoms with Crippen molar-refractivity contribution in [3.8, 4) is 0 Å². The molecule has 0 unspecified atom stereocenters. The standard InChI is InChI=1S/C8H9N3OS2/c1-14-8(13)11-10-7(12)6-4-2-3-5-9-6/h2-5H,1H3,(H,10,12)(H,11,13). The van der Waals surface area contributed by atoms with Crippen LogP contribution < -0.4 is 10.9 Å². The Morgan fingerprint density at radius 3 is 2.86 bits per heavy atom. The summed E-state index contributed by atoms with van der Waals surface area (Å²) >= 11 is 6.19. The van der Waals surface area contributed by atoms with Crippen LogP contribution in [0.15, 0.2) is 24.4 Å². The number of rotatable bonds is 1. The van der Waals surface area contributed by atoms with Gasteiger partial charge in [0.15, 0.2) is 4.32 Å². The number of hydrogen-bond acceptors (Lipinski definition) is 4. The van der Waals surface area contributed by atoms with E-state index in [1.165, 1.54) is 11.8 Å². The van der Waals surface area contributed by atoms with Crippen LogP contribution in [0.5, 0.6) is 0 Å². The summed E-state index contributed by atoms with van der Waals surface area (Å²) in [6.45, 7) is 0. The Labute approximate surface area is 91.5 Å². The number of nitrogens with one attached hydrogen (secondary N) is 2. The SMILES string of the molecule is CSC(=S)NNC(=O)c1ccccn1. The zero-order chi connectivity index (χ0) is 10.4. The Hall–Kier alpha value is -1.14. The van der Waals surface area contributed by atoms with Crippen LogP contribution in [0.1, 0.15) is 10.5 Å². The largest absolute Gasteiger partial charge is 0.288 e. The van der Waals surface area contributed by atoms with E-state index < -0.39 is 0 Å². The molecule has 1 aromatic rings. The van der Waals surface area contributed by atoms with Crippen molar-refractivity contribution in [2.45, 2.75) is 0 Å². The highest BCUT2D eigenvalue weighted by Crippen LogP contribution is 1.94. The molecule has 0 fully saturated rings. The normalized spacial score (nSPS) is 9.21. The Morgan fingerprint density at radius 1 is 1.50 bits per heavy atom. The molecule has 0 saturated carbocycles. The van der Waals surface area contributed by atoms with Gasteiger partial charge in [-0.15, -0.1) is 0 Å². The van der Waals surface area contributed by atoms with Gasteiger partial charge in [-0.05, 0) is 18.4 Å². The summed E-state index contributed by atoms with van der Waals surface area (Å²) in [4.78, 5) is 15.2. The van der Waals surface area contributed by atoms with E-state index in [1.54, 1.807) is 24.4 Å². The lowest BCUT2D eigenvalue weighted by molar-refractivity contribution is 0.0939. The Morgan fingerprint density at radius 2 is 2.29 bits per heavy atom. The van der Waals surface area contributed by atoms with Gasteiger partial charge in [-0.3, -0.25) is 20.6 Å². The number of hydrogen-bond donors (Lipinski definition) is 2. The fourth-order valence-corrected chi connectivity index (χ4v) is 0.924. The molecule has 14 heavy (non-hydrogen) atoms. The van der Waals surface area contributed by atoms with Gasteiger partial charge >= 0.3 is 0 Å². The molecule has 1 heterocycles. The van der Waals surface area contributed by atoms with E-state index in [-0.39, 0.29) is 5.91 Å². The van der Waals surface area contributed by atoms with Crippen molar-refractivity contribution in [1.29, 1.82) is 0 Å². The van der Waals surface area contributed by atoms with Crippen LogP contribution in [0.4, 0.5) is 0 Å². The van der Waals surface area contributed by atoms with E-state index in [0.29, 0.717) is 10.0 Å². The zero-order valence-electron chi connectivity index (χ0n) is 7.48. The quantitative estimate of drug-likeness (QED) is 0.553. The molecule has 0 atom stereocenters. The van der Waals surface area contributed by atoms with Crippen molar-refractivity contribution >= 4 is 34.2 Å². The lowest BCUT2D eigenvalue weighted by Gasteiger charge is -2.06. The predicted octanol–water partition coefficient (Wildman–Crippen LogP) is 0.964. The molecule has 0 radical (unpaired) electrons. The van der Waals surface area contributed by atoms with Gasteiger partial charge in [0, 0.05) is 6.20 Å². The molecular weight excluding hydrogens is 218 g/mol. The minimum Gasteiger partial charge on any atom is -0.283 e. The van der Waals surface area contributed by atoms with Crippen LogP contribution in [0.3, 0.4) is 0 Å². The average Bonchev–Trinajstić information content (AvgIpc) is 2.26. The Bertz CT molecular complexity index is 329. The maximum absolute atomic E-state index is 11.4. The van der Waals surface area contributed by atoms with Crippen molar-refractivity contribution in [2.75, 3.05) is 6.26 Å². The molecule has 2 N–H and O–H groups in total. The van der Waals surface area contributed by atoms with E-state index in [4.69, 9.17) is 12.2 Å². The summed E-state index contributed by atoms with van der Waals surface area (Å²) in [7, 11) is 0. The van der Waals surface area contributed by atoms with Gasteiger partial charge in [-0.1, -0.05) is 30.0 Å². The molecule has 1 rings (SSSR count). The molecule has 0 spiro atoms. The van der Waals surface area contributed by atoms with Crippen LogP contribution in [0.2, 0.25) is 0 Å². The van der Waals surface area contributed by atoms with E-state index in [2.05, 4.69) is 15.8 Å². The lowest BCUT2D eigenvalue weighted by Crippen LogP contribution is -2.39. The maximum atomic E-state index is 11.4. The van der Waals surface area contributed by atoms with E-state index in [1.807, 2.05) is 6.26 Å². The molecule has 0 bridgehead atoms. The summed E-state index contributed by atoms with van der Waals surface area (Å²) in [5.74, 6) is -0.304. The van der Waals surface area contributed by atoms with Crippen molar-refractivity contribution < 1.29 is 4.79 Å².